The van der Waals surface area contributed by atoms with Crippen LogP contribution in [-0.2, 0) is 36.7 Å². The monoisotopic (exact) mass is 610 g/mol. The highest BCUT2D eigenvalue weighted by molar-refractivity contribution is 5.97. The van der Waals surface area contributed by atoms with Gasteiger partial charge in [-0.3, -0.25) is 0 Å². The van der Waals surface area contributed by atoms with Crippen LogP contribution >= 0.6 is 0 Å². The summed E-state index contributed by atoms with van der Waals surface area (Å²) in [5, 5.41) is 11.0. The normalized spacial score (nSPS) is 25.8. The van der Waals surface area contributed by atoms with Gasteiger partial charge in [0.1, 0.15) is 35.4 Å². The summed E-state index contributed by atoms with van der Waals surface area (Å²) in [6, 6.07) is 11.6. The summed E-state index contributed by atoms with van der Waals surface area (Å²) in [6.45, 7) is 8.48. The zero-order valence-corrected chi connectivity index (χ0v) is 26.6. The van der Waals surface area contributed by atoms with Crippen molar-refractivity contribution in [3.63, 3.8) is 0 Å². The molecule has 0 saturated carbocycles. The minimum atomic E-state index is -0.877. The smallest absolute Gasteiger partial charge is 0.342 e. The van der Waals surface area contributed by atoms with Crippen LogP contribution in [0.1, 0.15) is 67.6 Å². The van der Waals surface area contributed by atoms with Crippen molar-refractivity contribution in [2.75, 3.05) is 27.6 Å². The van der Waals surface area contributed by atoms with Crippen molar-refractivity contribution < 1.29 is 43.1 Å². The molecule has 2 aromatic rings. The molecule has 240 valence electrons. The number of aryl methyl sites for hydroxylation is 1. The van der Waals surface area contributed by atoms with Crippen LogP contribution in [0.15, 0.2) is 54.6 Å². The van der Waals surface area contributed by atoms with Crippen LogP contribution < -0.4 is 9.47 Å². The Balaban J connectivity index is 1.60. The first kappa shape index (κ1) is 33.7. The van der Waals surface area contributed by atoms with Gasteiger partial charge in [0, 0.05) is 19.6 Å². The Labute approximate surface area is 260 Å². The number of fused-ring (bicyclic) bond motifs is 2. The fourth-order valence-corrected chi connectivity index (χ4v) is 5.33. The van der Waals surface area contributed by atoms with Gasteiger partial charge in [0.15, 0.2) is 12.6 Å². The maximum atomic E-state index is 13.7. The second-order valence-electron chi connectivity index (χ2n) is 11.7. The number of aliphatic hydroxyl groups is 1. The topological polar surface area (TPSA) is 102 Å². The lowest BCUT2D eigenvalue weighted by molar-refractivity contribution is -0.152. The van der Waals surface area contributed by atoms with E-state index in [1.54, 1.807) is 19.3 Å². The molecule has 44 heavy (non-hydrogen) atoms. The van der Waals surface area contributed by atoms with Crippen LogP contribution in [0.2, 0.25) is 0 Å². The van der Waals surface area contributed by atoms with Gasteiger partial charge in [-0.25, -0.2) is 4.79 Å². The first-order valence-corrected chi connectivity index (χ1v) is 15.2. The van der Waals surface area contributed by atoms with E-state index in [0.29, 0.717) is 42.9 Å². The van der Waals surface area contributed by atoms with Crippen LogP contribution in [-0.4, -0.2) is 68.9 Å². The van der Waals surface area contributed by atoms with Crippen molar-refractivity contribution in [2.45, 2.75) is 83.8 Å². The lowest BCUT2D eigenvalue weighted by Crippen LogP contribution is -2.34. The van der Waals surface area contributed by atoms with E-state index in [-0.39, 0.29) is 18.8 Å². The third-order valence-electron chi connectivity index (χ3n) is 7.85. The number of hydrogen-bond acceptors (Lipinski definition) is 9. The van der Waals surface area contributed by atoms with Crippen molar-refractivity contribution in [3.8, 4) is 11.5 Å². The number of esters is 1. The standard InChI is InChI=1S/C35H46O9/c1-23-12-18-29(36)33-31(43-35(3,4)44-33)11-7-10-28-26(9-8-20-40-21-25-13-16-27(39-6)17-14-25)15-19-30(41-22-38-5)32(28)34(37)42-24(23)2/h7,10,12-19,23-24,29,31,33,36H,8-9,11,20-22H2,1-6H3/b10-7?,18-12-/t23-,24+,29?,31+,33-/m1/s1. The van der Waals surface area contributed by atoms with E-state index < -0.39 is 30.1 Å². The second-order valence-corrected chi connectivity index (χ2v) is 11.7. The highest BCUT2D eigenvalue weighted by atomic mass is 16.8. The number of benzene rings is 2. The summed E-state index contributed by atoms with van der Waals surface area (Å²) < 4.78 is 40.4. The van der Waals surface area contributed by atoms with Gasteiger partial charge in [0.2, 0.25) is 0 Å². The second kappa shape index (κ2) is 15.7. The number of methoxy groups -OCH3 is 2. The van der Waals surface area contributed by atoms with Crippen molar-refractivity contribution in [1.29, 1.82) is 0 Å². The molecule has 0 spiro atoms. The lowest BCUT2D eigenvalue weighted by atomic mass is 9.94. The Bertz CT molecular complexity index is 1280. The summed E-state index contributed by atoms with van der Waals surface area (Å²) in [6.07, 6.45) is 7.01. The summed E-state index contributed by atoms with van der Waals surface area (Å²) in [4.78, 5) is 13.7. The fourth-order valence-electron chi connectivity index (χ4n) is 5.33. The van der Waals surface area contributed by atoms with E-state index in [9.17, 15) is 9.90 Å². The molecule has 1 N–H and O–H groups in total. The van der Waals surface area contributed by atoms with Gasteiger partial charge in [-0.15, -0.1) is 0 Å². The van der Waals surface area contributed by atoms with Crippen LogP contribution in [0.5, 0.6) is 11.5 Å². The van der Waals surface area contributed by atoms with E-state index in [4.69, 9.17) is 33.2 Å². The molecule has 9 nitrogen and oxygen atoms in total. The molecule has 0 bridgehead atoms. The quantitative estimate of drug-likeness (QED) is 0.153. The number of aliphatic hydroxyl groups excluding tert-OH is 1. The largest absolute Gasteiger partial charge is 0.497 e. The Kier molecular flexibility index (Phi) is 12.0. The Morgan fingerprint density at radius 3 is 2.52 bits per heavy atom. The van der Waals surface area contributed by atoms with Gasteiger partial charge < -0.3 is 38.3 Å². The van der Waals surface area contributed by atoms with Gasteiger partial charge in [-0.2, -0.15) is 0 Å². The number of rotatable bonds is 10. The highest BCUT2D eigenvalue weighted by Gasteiger charge is 2.43. The molecule has 0 aromatic heterocycles. The third kappa shape index (κ3) is 8.92. The zero-order valence-electron chi connectivity index (χ0n) is 26.6. The van der Waals surface area contributed by atoms with E-state index in [1.165, 1.54) is 7.11 Å². The van der Waals surface area contributed by atoms with Crippen LogP contribution in [0.4, 0.5) is 0 Å². The molecule has 0 radical (unpaired) electrons. The molecular formula is C35H46O9. The minimum Gasteiger partial charge on any atom is -0.497 e. The molecule has 4 rings (SSSR count). The minimum absolute atomic E-state index is 0.0153. The summed E-state index contributed by atoms with van der Waals surface area (Å²) in [5.74, 6) is -0.299. The molecule has 0 amide bonds. The maximum absolute atomic E-state index is 13.7. The van der Waals surface area contributed by atoms with Gasteiger partial charge in [-0.1, -0.05) is 49.4 Å². The molecule has 1 fully saturated rings. The Hall–Kier alpha value is -3.21. The summed E-state index contributed by atoms with van der Waals surface area (Å²) in [7, 11) is 3.18. The van der Waals surface area contributed by atoms with E-state index in [0.717, 1.165) is 23.3 Å². The first-order chi connectivity index (χ1) is 21.1. The number of hydrogen-bond donors (Lipinski definition) is 1. The first-order valence-electron chi connectivity index (χ1n) is 15.2. The lowest BCUT2D eigenvalue weighted by Gasteiger charge is -2.23. The van der Waals surface area contributed by atoms with Crippen LogP contribution in [0.3, 0.4) is 0 Å². The van der Waals surface area contributed by atoms with Gasteiger partial charge in [0.25, 0.3) is 0 Å². The molecule has 9 heteroatoms. The molecule has 1 unspecified atom stereocenters. The molecule has 1 saturated heterocycles. The molecule has 2 aromatic carbocycles. The Morgan fingerprint density at radius 1 is 1.02 bits per heavy atom. The van der Waals surface area contributed by atoms with Crippen molar-refractivity contribution in [1.82, 2.24) is 0 Å². The number of cyclic esters (lactones) is 1. The molecule has 0 aliphatic carbocycles. The number of carbonyl (C=O) groups is 1. The van der Waals surface area contributed by atoms with E-state index in [1.807, 2.05) is 76.3 Å². The van der Waals surface area contributed by atoms with Crippen molar-refractivity contribution in [2.24, 2.45) is 5.92 Å². The molecule has 2 aliphatic heterocycles. The molecule has 5 atom stereocenters. The van der Waals surface area contributed by atoms with E-state index in [2.05, 4.69) is 0 Å². The van der Waals surface area contributed by atoms with Gasteiger partial charge in [0.05, 0.1) is 19.8 Å². The van der Waals surface area contributed by atoms with E-state index >= 15 is 0 Å². The van der Waals surface area contributed by atoms with Crippen LogP contribution in [0.25, 0.3) is 6.08 Å². The molecule has 2 aliphatic rings. The van der Waals surface area contributed by atoms with Crippen molar-refractivity contribution in [3.05, 3.63) is 76.9 Å². The van der Waals surface area contributed by atoms with Crippen molar-refractivity contribution >= 4 is 12.0 Å². The summed E-state index contributed by atoms with van der Waals surface area (Å²) in [5.41, 5.74) is 3.08. The van der Waals surface area contributed by atoms with Crippen LogP contribution in [0, 0.1) is 5.92 Å². The summed E-state index contributed by atoms with van der Waals surface area (Å²) >= 11 is 0. The Morgan fingerprint density at radius 2 is 1.80 bits per heavy atom. The zero-order chi connectivity index (χ0) is 31.7. The fraction of sp³-hybridized carbons (Fsp3) is 0.514. The van der Waals surface area contributed by atoms with Gasteiger partial charge >= 0.3 is 5.97 Å². The predicted molar refractivity (Wildman–Crippen MR) is 167 cm³/mol. The predicted octanol–water partition coefficient (Wildman–Crippen LogP) is 5.86. The average Bonchev–Trinajstić information content (AvgIpc) is 3.32. The average molecular weight is 611 g/mol. The maximum Gasteiger partial charge on any atom is 0.342 e. The number of ether oxygens (including phenoxy) is 7. The van der Waals surface area contributed by atoms with Gasteiger partial charge in [-0.05, 0) is 74.9 Å². The molecule has 2 heterocycles. The highest BCUT2D eigenvalue weighted by Crippen LogP contribution is 2.34. The number of carbonyl (C=O) groups excluding carboxylic acids is 1. The third-order valence-corrected chi connectivity index (χ3v) is 7.85. The molecular weight excluding hydrogens is 564 g/mol. The SMILES string of the molecule is COCOc1ccc(CCCOCc2ccc(OC)cc2)c2c1C(=O)O[C@@H](C)[C@H](C)/C=C\C(O)[C@H]1OC(C)(C)O[C@H]1CC=C2.